The second-order valence-corrected chi connectivity index (χ2v) is 6.12. The lowest BCUT2D eigenvalue weighted by Crippen LogP contribution is -2.44. The van der Waals surface area contributed by atoms with Crippen molar-refractivity contribution in [3.05, 3.63) is 0 Å². The molecule has 0 radical (unpaired) electrons. The van der Waals surface area contributed by atoms with E-state index in [9.17, 15) is 4.79 Å². The Morgan fingerprint density at radius 1 is 1.42 bits per heavy atom. The molecule has 1 N–H and O–H groups in total. The Labute approximate surface area is 119 Å². The fourth-order valence-electron chi connectivity index (χ4n) is 2.24. The van der Waals surface area contributed by atoms with Crippen LogP contribution in [0.15, 0.2) is 0 Å². The molecule has 0 aromatic heterocycles. The summed E-state index contributed by atoms with van der Waals surface area (Å²) in [6, 6.07) is 0.0689. The Balaban J connectivity index is 1.43. The molecule has 0 spiro atoms. The van der Waals surface area contributed by atoms with Crippen molar-refractivity contribution in [1.82, 2.24) is 10.2 Å². The Morgan fingerprint density at radius 3 is 3.00 bits per heavy atom. The molecule has 1 atom stereocenters. The van der Waals surface area contributed by atoms with Crippen LogP contribution in [0.5, 0.6) is 0 Å². The molecule has 0 bridgehead atoms. The first-order chi connectivity index (χ1) is 9.36. The van der Waals surface area contributed by atoms with Gasteiger partial charge in [0.25, 0.3) is 0 Å². The second kappa shape index (κ2) is 8.66. The van der Waals surface area contributed by atoms with Crippen LogP contribution < -0.4 is 5.32 Å². The highest BCUT2D eigenvalue weighted by Gasteiger charge is 2.16. The maximum atomic E-state index is 11.8. The number of thioether (sulfide) groups is 1. The molecule has 5 nitrogen and oxygen atoms in total. The number of ether oxygens (including phenoxy) is 2. The van der Waals surface area contributed by atoms with Crippen LogP contribution in [0.4, 0.5) is 4.79 Å². The lowest BCUT2D eigenvalue weighted by Gasteiger charge is -2.26. The predicted octanol–water partition coefficient (Wildman–Crippen LogP) is 1.33. The van der Waals surface area contributed by atoms with E-state index in [1.54, 1.807) is 0 Å². The molecule has 2 heterocycles. The van der Waals surface area contributed by atoms with Crippen LogP contribution >= 0.6 is 11.8 Å². The summed E-state index contributed by atoms with van der Waals surface area (Å²) < 4.78 is 11.0. The quantitative estimate of drug-likeness (QED) is 0.749. The molecule has 0 aliphatic carbocycles. The lowest BCUT2D eigenvalue weighted by atomic mass is 10.2. The minimum absolute atomic E-state index is 0.0689. The number of hydrogen-bond donors (Lipinski definition) is 1. The molecule has 6 heteroatoms. The number of carbonyl (C=O) groups is 1. The third kappa shape index (κ3) is 5.58. The summed E-state index contributed by atoms with van der Waals surface area (Å²) in [6.45, 7) is 4.68. The largest absolute Gasteiger partial charge is 0.379 e. The fraction of sp³-hybridized carbons (Fsp3) is 0.923. The molecule has 19 heavy (non-hydrogen) atoms. The maximum absolute atomic E-state index is 11.8. The molecule has 2 aliphatic heterocycles. The van der Waals surface area contributed by atoms with Gasteiger partial charge in [-0.15, -0.1) is 0 Å². The Morgan fingerprint density at radius 2 is 2.26 bits per heavy atom. The molecule has 2 rings (SSSR count). The van der Waals surface area contributed by atoms with Crippen LogP contribution in [0.2, 0.25) is 0 Å². The molecule has 0 saturated carbocycles. The van der Waals surface area contributed by atoms with E-state index in [0.29, 0.717) is 25.9 Å². The van der Waals surface area contributed by atoms with E-state index in [4.69, 9.17) is 9.47 Å². The summed E-state index contributed by atoms with van der Waals surface area (Å²) >= 11 is 1.91. The number of amides is 2. The molecule has 2 amide bonds. The molecule has 0 aromatic carbocycles. The second-order valence-electron chi connectivity index (χ2n) is 4.89. The first-order valence-electron chi connectivity index (χ1n) is 7.16. The van der Waals surface area contributed by atoms with Gasteiger partial charge in [-0.2, -0.15) is 11.8 Å². The third-order valence-electron chi connectivity index (χ3n) is 3.37. The van der Waals surface area contributed by atoms with E-state index in [2.05, 4.69) is 5.32 Å². The molecule has 1 unspecified atom stereocenters. The lowest BCUT2D eigenvalue weighted by molar-refractivity contribution is 0.0167. The fourth-order valence-corrected chi connectivity index (χ4v) is 3.14. The number of rotatable bonds is 6. The molecule has 110 valence electrons. The minimum atomic E-state index is 0.0689. The van der Waals surface area contributed by atoms with Crippen LogP contribution in [0.3, 0.4) is 0 Å². The van der Waals surface area contributed by atoms with Gasteiger partial charge in [0.05, 0.1) is 12.7 Å². The first-order valence-corrected chi connectivity index (χ1v) is 8.31. The van der Waals surface area contributed by atoms with Crippen molar-refractivity contribution >= 4 is 17.8 Å². The van der Waals surface area contributed by atoms with E-state index < -0.39 is 0 Å². The van der Waals surface area contributed by atoms with Gasteiger partial charge in [-0.25, -0.2) is 4.79 Å². The zero-order valence-electron chi connectivity index (χ0n) is 11.4. The van der Waals surface area contributed by atoms with Gasteiger partial charge in [-0.3, -0.25) is 0 Å². The molecule has 0 aromatic rings. The Bertz CT molecular complexity index is 267. The van der Waals surface area contributed by atoms with E-state index in [1.165, 1.54) is 0 Å². The van der Waals surface area contributed by atoms with Crippen molar-refractivity contribution in [1.29, 1.82) is 0 Å². The highest BCUT2D eigenvalue weighted by Crippen LogP contribution is 2.12. The summed E-state index contributed by atoms with van der Waals surface area (Å²) in [5.74, 6) is 2.11. The monoisotopic (exact) mass is 288 g/mol. The molecular weight excluding hydrogens is 264 g/mol. The van der Waals surface area contributed by atoms with Crippen LogP contribution in [0.25, 0.3) is 0 Å². The van der Waals surface area contributed by atoms with Crippen LogP contribution in [0.1, 0.15) is 19.3 Å². The third-order valence-corrected chi connectivity index (χ3v) is 4.31. The smallest absolute Gasteiger partial charge is 0.317 e. The van der Waals surface area contributed by atoms with Gasteiger partial charge in [-0.05, 0) is 19.3 Å². The summed E-state index contributed by atoms with van der Waals surface area (Å²) in [5, 5.41) is 2.95. The average Bonchev–Trinajstić information content (AvgIpc) is 2.96. The number of carbonyl (C=O) groups excluding carboxylic acids is 1. The van der Waals surface area contributed by atoms with Gasteiger partial charge < -0.3 is 19.7 Å². The number of nitrogens with zero attached hydrogens (tertiary/aromatic N) is 1. The summed E-state index contributed by atoms with van der Waals surface area (Å²) in [6.07, 6.45) is 3.42. The van der Waals surface area contributed by atoms with Gasteiger partial charge in [0.1, 0.15) is 0 Å². The van der Waals surface area contributed by atoms with Crippen molar-refractivity contribution in [3.63, 3.8) is 0 Å². The highest BCUT2D eigenvalue weighted by atomic mass is 32.2. The summed E-state index contributed by atoms with van der Waals surface area (Å²) in [7, 11) is 0. The van der Waals surface area contributed by atoms with Crippen molar-refractivity contribution < 1.29 is 14.3 Å². The molecule has 2 aliphatic rings. The summed E-state index contributed by atoms with van der Waals surface area (Å²) in [5.41, 5.74) is 0. The topological polar surface area (TPSA) is 50.8 Å². The molecular formula is C13H24N2O3S. The molecule has 2 fully saturated rings. The van der Waals surface area contributed by atoms with Crippen molar-refractivity contribution in [2.75, 3.05) is 51.0 Å². The number of hydrogen-bond acceptors (Lipinski definition) is 4. The van der Waals surface area contributed by atoms with Crippen molar-refractivity contribution in [2.45, 2.75) is 25.4 Å². The van der Waals surface area contributed by atoms with Crippen LogP contribution in [0, 0.1) is 0 Å². The van der Waals surface area contributed by atoms with E-state index in [0.717, 1.165) is 50.5 Å². The molecule has 2 saturated heterocycles. The maximum Gasteiger partial charge on any atom is 0.317 e. The first kappa shape index (κ1) is 14.9. The van der Waals surface area contributed by atoms with Crippen molar-refractivity contribution in [2.24, 2.45) is 0 Å². The van der Waals surface area contributed by atoms with Gasteiger partial charge >= 0.3 is 6.03 Å². The summed E-state index contributed by atoms with van der Waals surface area (Å²) in [4.78, 5) is 13.7. The normalized spacial score (nSPS) is 23.6. The SMILES string of the molecule is O=C(NCCCOCC1CCCO1)N1CCSCC1. The predicted molar refractivity (Wildman–Crippen MR) is 76.7 cm³/mol. The van der Waals surface area contributed by atoms with Gasteiger partial charge in [-0.1, -0.05) is 0 Å². The zero-order valence-corrected chi connectivity index (χ0v) is 12.3. The van der Waals surface area contributed by atoms with Crippen LogP contribution in [-0.4, -0.2) is 68.0 Å². The average molecular weight is 288 g/mol. The van der Waals surface area contributed by atoms with Gasteiger partial charge in [0.2, 0.25) is 0 Å². The minimum Gasteiger partial charge on any atom is -0.379 e. The van der Waals surface area contributed by atoms with Gasteiger partial charge in [0, 0.05) is 44.4 Å². The number of nitrogens with one attached hydrogen (secondary N) is 1. The van der Waals surface area contributed by atoms with E-state index in [-0.39, 0.29) is 6.03 Å². The highest BCUT2D eigenvalue weighted by molar-refractivity contribution is 7.99. The zero-order chi connectivity index (χ0) is 13.3. The number of urea groups is 1. The standard InChI is InChI=1S/C13H24N2O3S/c16-13(15-5-9-19-10-6-15)14-4-2-7-17-11-12-3-1-8-18-12/h12H,1-11H2,(H,14,16). The van der Waals surface area contributed by atoms with E-state index >= 15 is 0 Å². The van der Waals surface area contributed by atoms with E-state index in [1.807, 2.05) is 16.7 Å². The van der Waals surface area contributed by atoms with Crippen LogP contribution in [-0.2, 0) is 9.47 Å². The Hall–Kier alpha value is -0.460. The van der Waals surface area contributed by atoms with Gasteiger partial charge in [0.15, 0.2) is 0 Å². The Kier molecular flexibility index (Phi) is 6.81. The van der Waals surface area contributed by atoms with Crippen molar-refractivity contribution in [3.8, 4) is 0 Å².